The lowest BCUT2D eigenvalue weighted by atomic mass is 10.3. The molecule has 0 heterocycles. The van der Waals surface area contributed by atoms with Gasteiger partial charge in [0, 0.05) is 12.7 Å². The number of hydrogen-bond donors (Lipinski definition) is 0. The summed E-state index contributed by atoms with van der Waals surface area (Å²) in [4.78, 5) is 12.7. The topological polar surface area (TPSA) is 20.3 Å². The lowest BCUT2D eigenvalue weighted by Crippen LogP contribution is -2.25. The summed E-state index contributed by atoms with van der Waals surface area (Å²) < 4.78 is 0. The molecule has 0 saturated carbocycles. The second kappa shape index (κ2) is 5.77. The minimum Gasteiger partial charge on any atom is -0.315 e. The van der Waals surface area contributed by atoms with Crippen LogP contribution < -0.4 is 0 Å². The fourth-order valence-electron chi connectivity index (χ4n) is 0.671. The van der Waals surface area contributed by atoms with Crippen molar-refractivity contribution in [1.82, 2.24) is 4.90 Å². The van der Waals surface area contributed by atoms with E-state index in [4.69, 9.17) is 0 Å². The van der Waals surface area contributed by atoms with Gasteiger partial charge in [0.25, 0.3) is 0 Å². The van der Waals surface area contributed by atoms with E-state index in [-0.39, 0.29) is 5.91 Å². The lowest BCUT2D eigenvalue weighted by molar-refractivity contribution is -0.125. The summed E-state index contributed by atoms with van der Waals surface area (Å²) in [6, 6.07) is 0. The van der Waals surface area contributed by atoms with Crippen LogP contribution in [0.15, 0.2) is 37.1 Å². The molecule has 0 atom stereocenters. The molecule has 0 saturated heterocycles. The van der Waals surface area contributed by atoms with Gasteiger partial charge in [-0.15, -0.1) is 0 Å². The van der Waals surface area contributed by atoms with Crippen LogP contribution in [0.25, 0.3) is 0 Å². The molecule has 2 nitrogen and oxygen atoms in total. The molecular weight excluding hydrogens is 218 g/mol. The number of allylic oxidation sites excluding steroid dienone is 3. The zero-order valence-corrected chi connectivity index (χ0v) is 8.67. The normalized spacial score (nSPS) is 10.7. The predicted octanol–water partition coefficient (Wildman–Crippen LogP) is 2.10. The Morgan fingerprint density at radius 2 is 2.17 bits per heavy atom. The van der Waals surface area contributed by atoms with Gasteiger partial charge in [0.1, 0.15) is 0 Å². The van der Waals surface area contributed by atoms with Crippen LogP contribution in [0.4, 0.5) is 0 Å². The number of nitrogens with zero attached hydrogens (tertiary/aromatic N) is 1. The monoisotopic (exact) mass is 229 g/mol. The van der Waals surface area contributed by atoms with Crippen molar-refractivity contribution >= 4 is 21.8 Å². The van der Waals surface area contributed by atoms with Gasteiger partial charge in [-0.3, -0.25) is 4.79 Å². The molecule has 0 aromatic heterocycles. The Kier molecular flexibility index (Phi) is 5.37. The number of alkyl halides is 1. The van der Waals surface area contributed by atoms with Gasteiger partial charge in [-0.25, -0.2) is 0 Å². The quantitative estimate of drug-likeness (QED) is 0.535. The molecule has 0 aromatic carbocycles. The number of rotatable bonds is 4. The van der Waals surface area contributed by atoms with Crippen molar-refractivity contribution in [2.75, 3.05) is 12.4 Å². The minimum absolute atomic E-state index is 0.0111. The maximum atomic E-state index is 11.1. The van der Waals surface area contributed by atoms with Crippen LogP contribution in [0, 0.1) is 0 Å². The zero-order chi connectivity index (χ0) is 9.56. The van der Waals surface area contributed by atoms with Gasteiger partial charge in [-0.1, -0.05) is 35.2 Å². The summed E-state index contributed by atoms with van der Waals surface area (Å²) in [5.74, 6) is -0.0111. The van der Waals surface area contributed by atoms with E-state index in [1.54, 1.807) is 25.3 Å². The first-order valence-corrected chi connectivity index (χ1v) is 4.57. The van der Waals surface area contributed by atoms with Gasteiger partial charge >= 0.3 is 0 Å². The van der Waals surface area contributed by atoms with E-state index in [1.807, 2.05) is 0 Å². The van der Waals surface area contributed by atoms with E-state index in [0.717, 1.165) is 5.70 Å². The minimum atomic E-state index is -0.0111. The molecule has 0 fully saturated rings. The van der Waals surface area contributed by atoms with Crippen molar-refractivity contribution in [3.8, 4) is 0 Å². The smallest absolute Gasteiger partial charge is 0.237 e. The number of likely N-dealkylation sites (N-methyl/N-ethyl adjacent to an activating group) is 1. The number of carbonyl (C=O) groups is 1. The Labute approximate surface area is 81.4 Å². The highest BCUT2D eigenvalue weighted by Crippen LogP contribution is 2.04. The number of amides is 1. The molecule has 0 N–H and O–H groups in total. The van der Waals surface area contributed by atoms with Crippen molar-refractivity contribution in [3.63, 3.8) is 0 Å². The second-order valence-electron chi connectivity index (χ2n) is 2.12. The first-order chi connectivity index (χ1) is 5.67. The van der Waals surface area contributed by atoms with Crippen molar-refractivity contribution in [2.24, 2.45) is 0 Å². The van der Waals surface area contributed by atoms with Crippen LogP contribution in [0.3, 0.4) is 0 Å². The lowest BCUT2D eigenvalue weighted by Gasteiger charge is -2.16. The number of hydrogen-bond acceptors (Lipinski definition) is 1. The summed E-state index contributed by atoms with van der Waals surface area (Å²) in [6.07, 6.45) is 4.96. The van der Waals surface area contributed by atoms with Crippen LogP contribution in [0.2, 0.25) is 0 Å². The molecule has 0 aliphatic heterocycles. The molecule has 3 heteroatoms. The first kappa shape index (κ1) is 11.2. The molecule has 0 spiro atoms. The highest BCUT2D eigenvalue weighted by molar-refractivity contribution is 9.09. The van der Waals surface area contributed by atoms with Gasteiger partial charge < -0.3 is 4.90 Å². The highest BCUT2D eigenvalue weighted by atomic mass is 79.9. The summed E-state index contributed by atoms with van der Waals surface area (Å²) in [7, 11) is 1.70. The molecule has 12 heavy (non-hydrogen) atoms. The Hall–Kier alpha value is -0.830. The molecule has 0 aliphatic carbocycles. The number of halogens is 1. The third-order valence-corrected chi connectivity index (χ3v) is 1.85. The van der Waals surface area contributed by atoms with Crippen molar-refractivity contribution in [1.29, 1.82) is 0 Å². The fourth-order valence-corrected chi connectivity index (χ4v) is 1.05. The van der Waals surface area contributed by atoms with Gasteiger partial charge in [-0.05, 0) is 12.2 Å². The summed E-state index contributed by atoms with van der Waals surface area (Å²) in [5.41, 5.74) is 0.745. The molecule has 0 bridgehead atoms. The Balaban J connectivity index is 4.51. The van der Waals surface area contributed by atoms with Gasteiger partial charge in [0.05, 0.1) is 5.33 Å². The summed E-state index contributed by atoms with van der Waals surface area (Å²) in [5, 5.41) is 0.311. The van der Waals surface area contributed by atoms with Crippen LogP contribution in [-0.2, 0) is 4.79 Å². The molecule has 0 aliphatic rings. The second-order valence-corrected chi connectivity index (χ2v) is 2.68. The first-order valence-electron chi connectivity index (χ1n) is 3.45. The van der Waals surface area contributed by atoms with Crippen LogP contribution >= 0.6 is 15.9 Å². The predicted molar refractivity (Wildman–Crippen MR) is 55.0 cm³/mol. The van der Waals surface area contributed by atoms with Crippen molar-refractivity contribution < 1.29 is 4.79 Å². The van der Waals surface area contributed by atoms with Crippen molar-refractivity contribution in [3.05, 3.63) is 37.1 Å². The van der Waals surface area contributed by atoms with E-state index < -0.39 is 0 Å². The average Bonchev–Trinajstić information content (AvgIpc) is 2.11. The summed E-state index contributed by atoms with van der Waals surface area (Å²) >= 11 is 3.09. The third kappa shape index (κ3) is 3.05. The molecular formula is C9H12BrNO. The van der Waals surface area contributed by atoms with Crippen LogP contribution in [-0.4, -0.2) is 23.2 Å². The van der Waals surface area contributed by atoms with E-state index in [2.05, 4.69) is 29.1 Å². The number of carbonyl (C=O) groups excluding carboxylic acids is 1. The maximum Gasteiger partial charge on any atom is 0.237 e. The van der Waals surface area contributed by atoms with Crippen LogP contribution in [0.1, 0.15) is 0 Å². The molecule has 1 amide bonds. The van der Waals surface area contributed by atoms with E-state index in [1.165, 1.54) is 4.90 Å². The van der Waals surface area contributed by atoms with Crippen LogP contribution in [0.5, 0.6) is 0 Å². The van der Waals surface area contributed by atoms with E-state index in [0.29, 0.717) is 5.33 Å². The van der Waals surface area contributed by atoms with Gasteiger partial charge in [0.15, 0.2) is 0 Å². The third-order valence-electron chi connectivity index (χ3n) is 1.37. The zero-order valence-electron chi connectivity index (χ0n) is 7.09. The maximum absolute atomic E-state index is 11.1. The Bertz CT molecular complexity index is 221. The summed E-state index contributed by atoms with van der Waals surface area (Å²) in [6.45, 7) is 7.13. The van der Waals surface area contributed by atoms with Gasteiger partial charge in [0.2, 0.25) is 5.91 Å². The molecule has 0 unspecified atom stereocenters. The van der Waals surface area contributed by atoms with Gasteiger partial charge in [-0.2, -0.15) is 0 Å². The SMILES string of the molecule is C=C/C=C(\C=C)N(C)C(=O)CBr. The van der Waals surface area contributed by atoms with Crippen molar-refractivity contribution in [2.45, 2.75) is 0 Å². The fraction of sp³-hybridized carbons (Fsp3) is 0.222. The molecule has 66 valence electrons. The highest BCUT2D eigenvalue weighted by Gasteiger charge is 2.07. The average molecular weight is 230 g/mol. The molecule has 0 aromatic rings. The van der Waals surface area contributed by atoms with E-state index in [9.17, 15) is 4.79 Å². The van der Waals surface area contributed by atoms with E-state index >= 15 is 0 Å². The Morgan fingerprint density at radius 3 is 2.50 bits per heavy atom. The Morgan fingerprint density at radius 1 is 1.58 bits per heavy atom. The standard InChI is InChI=1S/C9H12BrNO/c1-4-6-8(5-2)11(3)9(12)7-10/h4-6H,1-2,7H2,3H3/b8-6+. The molecule has 0 radical (unpaired) electrons. The molecule has 0 rings (SSSR count). The largest absolute Gasteiger partial charge is 0.315 e.